The number of aromatic nitrogens is 2. The highest BCUT2D eigenvalue weighted by atomic mass is 35.5. The highest BCUT2D eigenvalue weighted by Crippen LogP contribution is 2.07. The van der Waals surface area contributed by atoms with Crippen LogP contribution in [0, 0.1) is 0 Å². The quantitative estimate of drug-likeness (QED) is 0.732. The molecule has 0 aromatic carbocycles. The van der Waals surface area contributed by atoms with Gasteiger partial charge in [0.15, 0.2) is 11.5 Å². The Morgan fingerprint density at radius 3 is 3.00 bits per heavy atom. The number of nitrogens with two attached hydrogens (primary N) is 1. The van der Waals surface area contributed by atoms with Crippen molar-refractivity contribution in [3.8, 4) is 0 Å². The summed E-state index contributed by atoms with van der Waals surface area (Å²) in [6.45, 7) is 0. The second kappa shape index (κ2) is 4.57. The molecule has 0 saturated heterocycles. The van der Waals surface area contributed by atoms with Gasteiger partial charge in [-0.05, 0) is 6.08 Å². The molecular formula is C8H8ClN3O2. The van der Waals surface area contributed by atoms with Crippen molar-refractivity contribution in [3.63, 3.8) is 0 Å². The number of halogens is 1. The van der Waals surface area contributed by atoms with E-state index in [2.05, 4.69) is 9.97 Å². The molecule has 0 spiro atoms. The van der Waals surface area contributed by atoms with Crippen LogP contribution in [0.4, 0.5) is 5.82 Å². The first-order valence-corrected chi connectivity index (χ1v) is 4.27. The van der Waals surface area contributed by atoms with Gasteiger partial charge in [-0.25, -0.2) is 14.8 Å². The normalized spacial score (nSPS) is 10.6. The molecule has 0 saturated carbocycles. The number of nitrogen functional groups attached to an aromatic ring is 1. The van der Waals surface area contributed by atoms with Crippen molar-refractivity contribution in [2.24, 2.45) is 0 Å². The van der Waals surface area contributed by atoms with Crippen molar-refractivity contribution < 1.29 is 9.90 Å². The van der Waals surface area contributed by atoms with Crippen LogP contribution in [0.15, 0.2) is 12.3 Å². The maximum Gasteiger partial charge on any atom is 0.358 e. The Kier molecular flexibility index (Phi) is 3.41. The van der Waals surface area contributed by atoms with Crippen molar-refractivity contribution in [2.45, 2.75) is 0 Å². The lowest BCUT2D eigenvalue weighted by Gasteiger charge is -1.99. The zero-order valence-corrected chi connectivity index (χ0v) is 7.90. The lowest BCUT2D eigenvalue weighted by Crippen LogP contribution is -2.08. The Morgan fingerprint density at radius 1 is 1.71 bits per heavy atom. The minimum atomic E-state index is -1.20. The molecule has 0 atom stereocenters. The summed E-state index contributed by atoms with van der Waals surface area (Å²) in [5, 5.41) is 8.68. The van der Waals surface area contributed by atoms with Crippen molar-refractivity contribution in [3.05, 3.63) is 23.7 Å². The van der Waals surface area contributed by atoms with Gasteiger partial charge in [-0.1, -0.05) is 6.08 Å². The van der Waals surface area contributed by atoms with Gasteiger partial charge in [0.05, 0.1) is 11.9 Å². The average Bonchev–Trinajstić information content (AvgIpc) is 2.16. The number of carboxylic acid groups (broad SMARTS) is 1. The topological polar surface area (TPSA) is 89.1 Å². The molecule has 0 radical (unpaired) electrons. The van der Waals surface area contributed by atoms with Gasteiger partial charge in [0.1, 0.15) is 0 Å². The molecule has 1 rings (SSSR count). The van der Waals surface area contributed by atoms with E-state index in [9.17, 15) is 4.79 Å². The first-order valence-electron chi connectivity index (χ1n) is 3.73. The number of hydrogen-bond donors (Lipinski definition) is 2. The van der Waals surface area contributed by atoms with Crippen LogP contribution in [0.25, 0.3) is 6.08 Å². The molecular weight excluding hydrogens is 206 g/mol. The Morgan fingerprint density at radius 2 is 2.43 bits per heavy atom. The Balaban J connectivity index is 3.06. The molecule has 5 nitrogen and oxygen atoms in total. The molecule has 1 aromatic heterocycles. The van der Waals surface area contributed by atoms with E-state index < -0.39 is 5.97 Å². The predicted octanol–water partition coefficient (Wildman–Crippen LogP) is 1.01. The van der Waals surface area contributed by atoms with Crippen LogP contribution in [0.5, 0.6) is 0 Å². The van der Waals surface area contributed by atoms with Crippen LogP contribution >= 0.6 is 11.6 Å². The number of hydrogen-bond acceptors (Lipinski definition) is 4. The lowest BCUT2D eigenvalue weighted by atomic mass is 10.3. The van der Waals surface area contributed by atoms with E-state index in [1.165, 1.54) is 6.20 Å². The van der Waals surface area contributed by atoms with E-state index in [1.54, 1.807) is 12.2 Å². The van der Waals surface area contributed by atoms with E-state index in [0.29, 0.717) is 11.6 Å². The molecule has 0 bridgehead atoms. The summed E-state index contributed by atoms with van der Waals surface area (Å²) in [4.78, 5) is 18.1. The smallest absolute Gasteiger partial charge is 0.358 e. The minimum Gasteiger partial charge on any atom is -0.476 e. The number of carboxylic acids is 1. The summed E-state index contributed by atoms with van der Waals surface area (Å²) in [5.41, 5.74) is 5.48. The fraction of sp³-hybridized carbons (Fsp3) is 0.125. The number of rotatable bonds is 3. The van der Waals surface area contributed by atoms with Gasteiger partial charge < -0.3 is 10.8 Å². The first kappa shape index (κ1) is 10.5. The molecule has 0 aliphatic carbocycles. The van der Waals surface area contributed by atoms with E-state index in [1.807, 2.05) is 0 Å². The second-order valence-electron chi connectivity index (χ2n) is 2.39. The first-order chi connectivity index (χ1) is 6.65. The largest absolute Gasteiger partial charge is 0.476 e. The molecule has 6 heteroatoms. The van der Waals surface area contributed by atoms with Gasteiger partial charge in [-0.3, -0.25) is 0 Å². The van der Waals surface area contributed by atoms with Crippen LogP contribution in [0.3, 0.4) is 0 Å². The van der Waals surface area contributed by atoms with Crippen LogP contribution in [0.2, 0.25) is 0 Å². The van der Waals surface area contributed by atoms with E-state index in [4.69, 9.17) is 22.4 Å². The molecule has 1 aromatic rings. The van der Waals surface area contributed by atoms with Gasteiger partial charge in [0, 0.05) is 5.88 Å². The average molecular weight is 214 g/mol. The number of nitrogens with zero attached hydrogens (tertiary/aromatic N) is 2. The predicted molar refractivity (Wildman–Crippen MR) is 53.2 cm³/mol. The van der Waals surface area contributed by atoms with Gasteiger partial charge in [0.2, 0.25) is 0 Å². The fourth-order valence-electron chi connectivity index (χ4n) is 0.815. The molecule has 0 fully saturated rings. The Bertz CT molecular complexity index is 379. The van der Waals surface area contributed by atoms with Crippen molar-refractivity contribution in [1.82, 2.24) is 9.97 Å². The molecule has 74 valence electrons. The summed E-state index contributed by atoms with van der Waals surface area (Å²) in [7, 11) is 0. The summed E-state index contributed by atoms with van der Waals surface area (Å²) < 4.78 is 0. The number of alkyl halides is 1. The zero-order valence-electron chi connectivity index (χ0n) is 7.14. The summed E-state index contributed by atoms with van der Waals surface area (Å²) >= 11 is 5.41. The molecule has 3 N–H and O–H groups in total. The van der Waals surface area contributed by atoms with Crippen molar-refractivity contribution in [1.29, 1.82) is 0 Å². The van der Waals surface area contributed by atoms with E-state index >= 15 is 0 Å². The minimum absolute atomic E-state index is 0.0967. The van der Waals surface area contributed by atoms with Crippen LogP contribution in [-0.2, 0) is 0 Å². The van der Waals surface area contributed by atoms with Crippen LogP contribution in [-0.4, -0.2) is 26.9 Å². The number of aromatic carboxylic acids is 1. The molecule has 0 aliphatic heterocycles. The number of allylic oxidation sites excluding steroid dienone is 1. The van der Waals surface area contributed by atoms with Crippen molar-refractivity contribution >= 4 is 29.5 Å². The van der Waals surface area contributed by atoms with Crippen molar-refractivity contribution in [2.75, 3.05) is 11.6 Å². The van der Waals surface area contributed by atoms with Gasteiger partial charge >= 0.3 is 5.97 Å². The lowest BCUT2D eigenvalue weighted by molar-refractivity contribution is 0.0691. The zero-order chi connectivity index (χ0) is 10.6. The third-order valence-corrected chi connectivity index (χ3v) is 1.58. The Hall–Kier alpha value is -1.62. The second-order valence-corrected chi connectivity index (χ2v) is 2.70. The van der Waals surface area contributed by atoms with E-state index in [-0.39, 0.29) is 11.5 Å². The summed E-state index contributed by atoms with van der Waals surface area (Å²) in [6.07, 6.45) is 4.59. The molecule has 14 heavy (non-hydrogen) atoms. The maximum atomic E-state index is 10.6. The monoisotopic (exact) mass is 213 g/mol. The third-order valence-electron chi connectivity index (χ3n) is 1.40. The number of anilines is 1. The molecule has 0 unspecified atom stereocenters. The van der Waals surface area contributed by atoms with Crippen LogP contribution < -0.4 is 5.73 Å². The summed E-state index contributed by atoms with van der Waals surface area (Å²) in [6, 6.07) is 0. The van der Waals surface area contributed by atoms with Gasteiger partial charge in [-0.2, -0.15) is 0 Å². The maximum absolute atomic E-state index is 10.6. The molecule has 1 heterocycles. The van der Waals surface area contributed by atoms with Crippen LogP contribution in [0.1, 0.15) is 16.2 Å². The summed E-state index contributed by atoms with van der Waals surface area (Å²) in [5.74, 6) is -0.967. The van der Waals surface area contributed by atoms with Gasteiger partial charge in [0.25, 0.3) is 0 Å². The fourth-order valence-corrected chi connectivity index (χ4v) is 0.904. The van der Waals surface area contributed by atoms with Gasteiger partial charge in [-0.15, -0.1) is 11.6 Å². The SMILES string of the molecule is Nc1ncc(C=CCCl)nc1C(=O)O. The molecule has 0 amide bonds. The van der Waals surface area contributed by atoms with E-state index in [0.717, 1.165) is 0 Å². The third kappa shape index (κ3) is 2.43. The Labute approximate surface area is 85.2 Å². The molecule has 0 aliphatic rings. The highest BCUT2D eigenvalue weighted by molar-refractivity contribution is 6.19. The standard InChI is InChI=1S/C8H8ClN3O2/c9-3-1-2-5-4-11-7(10)6(12-5)8(13)14/h1-2,4H,3H2,(H2,10,11)(H,13,14). The highest BCUT2D eigenvalue weighted by Gasteiger charge is 2.10. The number of carbonyl (C=O) groups is 1.